The smallest absolute Gasteiger partial charge is 0.341 e. The number of hydrogen-bond donors (Lipinski definition) is 2. The van der Waals surface area contributed by atoms with Gasteiger partial charge in [-0.05, 0) is 66.7 Å². The van der Waals surface area contributed by atoms with Crippen LogP contribution in [0.2, 0.25) is 5.02 Å². The van der Waals surface area contributed by atoms with Crippen LogP contribution in [0.4, 0.5) is 0 Å². The van der Waals surface area contributed by atoms with Crippen LogP contribution in [-0.4, -0.2) is 41.3 Å². The van der Waals surface area contributed by atoms with E-state index in [4.69, 9.17) is 26.2 Å². The summed E-state index contributed by atoms with van der Waals surface area (Å²) in [5.41, 5.74) is 0.983. The van der Waals surface area contributed by atoms with Crippen molar-refractivity contribution in [3.05, 3.63) is 63.5 Å². The van der Waals surface area contributed by atoms with Crippen LogP contribution in [0.15, 0.2) is 52.4 Å². The van der Waals surface area contributed by atoms with E-state index in [0.29, 0.717) is 33.4 Å². The predicted molar refractivity (Wildman–Crippen MR) is 118 cm³/mol. The largest absolute Gasteiger partial charge is 0.490 e. The molecule has 1 fully saturated rings. The molecule has 0 bridgehead atoms. The minimum absolute atomic E-state index is 0.169. The van der Waals surface area contributed by atoms with Crippen LogP contribution in [0.25, 0.3) is 6.08 Å². The number of thioether (sulfide) groups is 1. The van der Waals surface area contributed by atoms with Gasteiger partial charge in [-0.15, -0.1) is 0 Å². The highest BCUT2D eigenvalue weighted by atomic mass is 35.5. The molecule has 2 amide bonds. The number of nitrogens with one attached hydrogen (secondary N) is 1. The van der Waals surface area contributed by atoms with E-state index >= 15 is 0 Å². The summed E-state index contributed by atoms with van der Waals surface area (Å²) in [5.74, 6) is -1.36. The van der Waals surface area contributed by atoms with Gasteiger partial charge in [0, 0.05) is 10.6 Å². The van der Waals surface area contributed by atoms with E-state index in [1.165, 1.54) is 0 Å². The minimum atomic E-state index is -1.10. The summed E-state index contributed by atoms with van der Waals surface area (Å²) in [6.07, 6.45) is 1.61. The van der Waals surface area contributed by atoms with Gasteiger partial charge >= 0.3 is 5.97 Å². The lowest BCUT2D eigenvalue weighted by atomic mass is 10.2. The molecule has 2 aromatic rings. The number of carbonyl (C=O) groups excluding carboxylic acids is 2. The lowest BCUT2D eigenvalue weighted by Crippen LogP contribution is -2.20. The zero-order chi connectivity index (χ0) is 22.4. The Morgan fingerprint density at radius 1 is 1.16 bits per heavy atom. The van der Waals surface area contributed by atoms with Crippen LogP contribution in [-0.2, 0) is 9.59 Å². The van der Waals surface area contributed by atoms with Crippen LogP contribution < -0.4 is 14.8 Å². The van der Waals surface area contributed by atoms with Crippen molar-refractivity contribution in [3.8, 4) is 11.5 Å². The maximum atomic E-state index is 12.3. The summed E-state index contributed by atoms with van der Waals surface area (Å²) in [7, 11) is 0. The molecule has 0 spiro atoms. The van der Waals surface area contributed by atoms with Gasteiger partial charge < -0.3 is 19.9 Å². The lowest BCUT2D eigenvalue weighted by Gasteiger charge is -2.11. The Morgan fingerprint density at radius 2 is 1.90 bits per heavy atom. The first kappa shape index (κ1) is 22.4. The molecular formula is C21H17ClN2O6S. The third kappa shape index (κ3) is 6.09. The van der Waals surface area contributed by atoms with Gasteiger partial charge in [0.05, 0.1) is 11.5 Å². The number of hydrogen-bond acceptors (Lipinski definition) is 6. The monoisotopic (exact) mass is 460 g/mol. The topological polar surface area (TPSA) is 114 Å². The van der Waals surface area contributed by atoms with E-state index in [9.17, 15) is 14.4 Å². The highest BCUT2D eigenvalue weighted by Crippen LogP contribution is 2.32. The fourth-order valence-corrected chi connectivity index (χ4v) is 3.47. The summed E-state index contributed by atoms with van der Waals surface area (Å²) in [6, 6.07) is 11.1. The molecule has 1 heterocycles. The van der Waals surface area contributed by atoms with Crippen molar-refractivity contribution in [1.29, 1.82) is 0 Å². The van der Waals surface area contributed by atoms with Crippen molar-refractivity contribution in [2.75, 3.05) is 13.2 Å². The molecule has 0 aliphatic carbocycles. The van der Waals surface area contributed by atoms with Crippen molar-refractivity contribution in [2.24, 2.45) is 4.99 Å². The molecule has 2 aromatic carbocycles. The number of carbonyl (C=O) groups is 3. The number of nitrogens with zero attached hydrogens (tertiary/aromatic N) is 1. The van der Waals surface area contributed by atoms with Crippen LogP contribution in [0.5, 0.6) is 11.5 Å². The molecular weight excluding hydrogens is 444 g/mol. The van der Waals surface area contributed by atoms with Gasteiger partial charge in [0.25, 0.3) is 11.8 Å². The minimum Gasteiger partial charge on any atom is -0.490 e. The van der Waals surface area contributed by atoms with E-state index in [-0.39, 0.29) is 10.9 Å². The molecule has 2 N–H and O–H groups in total. The summed E-state index contributed by atoms with van der Waals surface area (Å²) < 4.78 is 10.7. The van der Waals surface area contributed by atoms with Gasteiger partial charge in [-0.1, -0.05) is 17.7 Å². The van der Waals surface area contributed by atoms with Gasteiger partial charge in [-0.2, -0.15) is 4.99 Å². The van der Waals surface area contributed by atoms with E-state index in [1.807, 2.05) is 0 Å². The standard InChI is InChI=1S/C21H17ClN2O6S/c1-2-29-16-9-12(3-8-15(16)30-11-18(25)26)10-17-20(28)24-21(31-17)23-19(27)13-4-6-14(22)7-5-13/h3-10H,2,11H2,1H3,(H,25,26)(H,23,24,27,28)/b17-10-. The molecule has 10 heteroatoms. The Hall–Kier alpha value is -3.30. The van der Waals surface area contributed by atoms with Gasteiger partial charge in [-0.25, -0.2) is 4.79 Å². The molecule has 0 aromatic heterocycles. The number of amides is 2. The van der Waals surface area contributed by atoms with Crippen molar-refractivity contribution in [1.82, 2.24) is 5.32 Å². The Morgan fingerprint density at radius 3 is 2.58 bits per heavy atom. The first-order valence-electron chi connectivity index (χ1n) is 9.06. The van der Waals surface area contributed by atoms with Crippen molar-refractivity contribution >= 4 is 52.4 Å². The number of carboxylic acid groups (broad SMARTS) is 1. The number of benzene rings is 2. The number of aliphatic carboxylic acids is 1. The number of amidine groups is 1. The zero-order valence-corrected chi connectivity index (χ0v) is 17.8. The number of carboxylic acids is 1. The molecule has 0 unspecified atom stereocenters. The Balaban J connectivity index is 1.77. The summed E-state index contributed by atoms with van der Waals surface area (Å²) in [6.45, 7) is 1.63. The summed E-state index contributed by atoms with van der Waals surface area (Å²) in [5, 5.41) is 12.0. The van der Waals surface area contributed by atoms with Crippen molar-refractivity contribution in [3.63, 3.8) is 0 Å². The average molecular weight is 461 g/mol. The van der Waals surface area contributed by atoms with Crippen LogP contribution in [0.1, 0.15) is 22.8 Å². The molecule has 0 atom stereocenters. The second-order valence-electron chi connectivity index (χ2n) is 6.12. The molecule has 1 saturated heterocycles. The van der Waals surface area contributed by atoms with E-state index in [0.717, 1.165) is 11.8 Å². The van der Waals surface area contributed by atoms with E-state index in [2.05, 4.69) is 10.3 Å². The van der Waals surface area contributed by atoms with Crippen LogP contribution >= 0.6 is 23.4 Å². The van der Waals surface area contributed by atoms with E-state index in [1.54, 1.807) is 55.5 Å². The number of rotatable bonds is 7. The van der Waals surface area contributed by atoms with Crippen molar-refractivity contribution < 1.29 is 29.0 Å². The van der Waals surface area contributed by atoms with E-state index < -0.39 is 24.4 Å². The van der Waals surface area contributed by atoms with Gasteiger partial charge in [0.1, 0.15) is 0 Å². The van der Waals surface area contributed by atoms with Gasteiger partial charge in [0.2, 0.25) is 0 Å². The first-order chi connectivity index (χ1) is 14.9. The normalized spacial score (nSPS) is 15.7. The molecule has 8 nitrogen and oxygen atoms in total. The molecule has 1 aliphatic heterocycles. The van der Waals surface area contributed by atoms with Crippen LogP contribution in [0.3, 0.4) is 0 Å². The Kier molecular flexibility index (Phi) is 7.32. The van der Waals surface area contributed by atoms with Crippen molar-refractivity contribution in [2.45, 2.75) is 6.92 Å². The maximum Gasteiger partial charge on any atom is 0.341 e. The molecule has 160 valence electrons. The van der Waals surface area contributed by atoms with Gasteiger partial charge in [0.15, 0.2) is 23.3 Å². The molecule has 31 heavy (non-hydrogen) atoms. The number of ether oxygens (including phenoxy) is 2. The third-order valence-corrected chi connectivity index (χ3v) is 5.02. The molecule has 1 aliphatic rings. The molecule has 0 saturated carbocycles. The second-order valence-corrected chi connectivity index (χ2v) is 7.58. The van der Waals surface area contributed by atoms with Gasteiger partial charge in [-0.3, -0.25) is 9.59 Å². The number of aliphatic imine (C=N–C) groups is 1. The fourth-order valence-electron chi connectivity index (χ4n) is 2.52. The zero-order valence-electron chi connectivity index (χ0n) is 16.3. The maximum absolute atomic E-state index is 12.3. The average Bonchev–Trinajstić information content (AvgIpc) is 3.06. The highest BCUT2D eigenvalue weighted by Gasteiger charge is 2.25. The molecule has 3 rings (SSSR count). The second kappa shape index (κ2) is 10.1. The molecule has 0 radical (unpaired) electrons. The predicted octanol–water partition coefficient (Wildman–Crippen LogP) is 3.60. The Bertz CT molecular complexity index is 1080. The van der Waals surface area contributed by atoms with Crippen LogP contribution in [0, 0.1) is 0 Å². The Labute approximate surface area is 186 Å². The number of halogens is 1. The first-order valence-corrected chi connectivity index (χ1v) is 10.3. The fraction of sp³-hybridized carbons (Fsp3) is 0.143. The summed E-state index contributed by atoms with van der Waals surface area (Å²) in [4.78, 5) is 39.5. The quantitative estimate of drug-likeness (QED) is 0.606. The SMILES string of the molecule is CCOc1cc(/C=C2\SC(=NC(=O)c3ccc(Cl)cc3)NC2=O)ccc1OCC(=O)O. The lowest BCUT2D eigenvalue weighted by molar-refractivity contribution is -0.139. The highest BCUT2D eigenvalue weighted by molar-refractivity contribution is 8.18. The third-order valence-electron chi connectivity index (χ3n) is 3.86. The summed E-state index contributed by atoms with van der Waals surface area (Å²) >= 11 is 6.85.